The number of carbonyl (C=O) groups excluding carboxylic acids is 1. The minimum atomic E-state index is -1.22. The summed E-state index contributed by atoms with van der Waals surface area (Å²) in [6.45, 7) is 0. The summed E-state index contributed by atoms with van der Waals surface area (Å²) in [5.74, 6) is -1.91. The summed E-state index contributed by atoms with van der Waals surface area (Å²) < 4.78 is 19.2. The average molecular weight is 297 g/mol. The van der Waals surface area contributed by atoms with Gasteiger partial charge in [0.05, 0.1) is 10.5 Å². The Kier molecular flexibility index (Phi) is 4.08. The van der Waals surface area contributed by atoms with Crippen LogP contribution in [0.5, 0.6) is 5.75 Å². The second-order valence-electron chi connectivity index (χ2n) is 5.20. The highest BCUT2D eigenvalue weighted by molar-refractivity contribution is 5.84. The molecule has 0 bridgehead atoms. The van der Waals surface area contributed by atoms with Gasteiger partial charge in [-0.05, 0) is 25.3 Å². The maximum atomic E-state index is 13.8. The quantitative estimate of drug-likeness (QED) is 0.639. The van der Waals surface area contributed by atoms with Crippen molar-refractivity contribution in [3.05, 3.63) is 34.1 Å². The van der Waals surface area contributed by atoms with Crippen LogP contribution < -0.4 is 16.2 Å². The number of nitro benzene ring substituents is 1. The lowest BCUT2D eigenvalue weighted by Gasteiger charge is -2.35. The smallest absolute Gasteiger partial charge is 0.314 e. The Morgan fingerprint density at radius 2 is 2.24 bits per heavy atom. The van der Waals surface area contributed by atoms with Crippen molar-refractivity contribution in [2.45, 2.75) is 37.3 Å². The summed E-state index contributed by atoms with van der Waals surface area (Å²) in [6.07, 6.45) is 1.03. The van der Waals surface area contributed by atoms with Crippen molar-refractivity contribution in [1.82, 2.24) is 0 Å². The first-order valence-corrected chi connectivity index (χ1v) is 6.52. The molecule has 8 heteroatoms. The number of nitro groups is 1. The molecule has 1 aliphatic carbocycles. The van der Waals surface area contributed by atoms with Gasteiger partial charge < -0.3 is 16.2 Å². The Bertz CT molecular complexity index is 581. The molecule has 1 fully saturated rings. The van der Waals surface area contributed by atoms with E-state index >= 15 is 0 Å². The highest BCUT2D eigenvalue weighted by Gasteiger charge is 2.39. The fourth-order valence-corrected chi connectivity index (χ4v) is 2.50. The van der Waals surface area contributed by atoms with E-state index in [0.29, 0.717) is 19.3 Å². The van der Waals surface area contributed by atoms with Gasteiger partial charge in [-0.2, -0.15) is 0 Å². The van der Waals surface area contributed by atoms with Gasteiger partial charge in [-0.1, -0.05) is 6.07 Å². The number of hydrogen-bond donors (Lipinski definition) is 2. The van der Waals surface area contributed by atoms with Crippen molar-refractivity contribution >= 4 is 11.6 Å². The molecule has 4 N–H and O–H groups in total. The molecule has 0 radical (unpaired) electrons. The van der Waals surface area contributed by atoms with E-state index in [1.54, 1.807) is 0 Å². The maximum absolute atomic E-state index is 13.8. The molecule has 1 aliphatic rings. The number of halogens is 1. The molecule has 1 saturated carbocycles. The average Bonchev–Trinajstić information content (AvgIpc) is 2.40. The third-order valence-electron chi connectivity index (χ3n) is 3.66. The van der Waals surface area contributed by atoms with Gasteiger partial charge in [0.25, 0.3) is 0 Å². The first-order chi connectivity index (χ1) is 9.83. The van der Waals surface area contributed by atoms with Gasteiger partial charge in [0, 0.05) is 12.5 Å². The Hall–Kier alpha value is -2.22. The lowest BCUT2D eigenvalue weighted by Crippen LogP contribution is -2.56. The summed E-state index contributed by atoms with van der Waals surface area (Å²) >= 11 is 0. The van der Waals surface area contributed by atoms with E-state index in [1.165, 1.54) is 6.07 Å². The first-order valence-electron chi connectivity index (χ1n) is 6.52. The number of carbonyl (C=O) groups is 1. The summed E-state index contributed by atoms with van der Waals surface area (Å²) in [6, 6.07) is 3.47. The van der Waals surface area contributed by atoms with E-state index in [-0.39, 0.29) is 6.42 Å². The van der Waals surface area contributed by atoms with Crippen LogP contribution in [0.25, 0.3) is 0 Å². The highest BCUT2D eigenvalue weighted by atomic mass is 19.1. The Balaban J connectivity index is 2.23. The second kappa shape index (κ2) is 5.65. The minimum absolute atomic E-state index is 0.105. The number of nitrogens with two attached hydrogens (primary N) is 2. The van der Waals surface area contributed by atoms with Crippen LogP contribution in [0, 0.1) is 15.9 Å². The van der Waals surface area contributed by atoms with Crippen molar-refractivity contribution in [1.29, 1.82) is 0 Å². The van der Waals surface area contributed by atoms with E-state index < -0.39 is 39.7 Å². The summed E-state index contributed by atoms with van der Waals surface area (Å²) in [5, 5.41) is 10.9. The summed E-state index contributed by atoms with van der Waals surface area (Å²) in [5.41, 5.74) is 9.49. The third kappa shape index (κ3) is 3.10. The summed E-state index contributed by atoms with van der Waals surface area (Å²) in [7, 11) is 0. The number of ether oxygens (including phenoxy) is 1. The molecule has 2 atom stereocenters. The van der Waals surface area contributed by atoms with Crippen molar-refractivity contribution in [2.75, 3.05) is 0 Å². The molecular weight excluding hydrogens is 281 g/mol. The monoisotopic (exact) mass is 297 g/mol. The van der Waals surface area contributed by atoms with E-state index in [4.69, 9.17) is 16.2 Å². The molecule has 1 aromatic carbocycles. The topological polar surface area (TPSA) is 121 Å². The van der Waals surface area contributed by atoms with Gasteiger partial charge in [-0.25, -0.2) is 4.39 Å². The number of benzene rings is 1. The molecule has 0 aliphatic heterocycles. The van der Waals surface area contributed by atoms with E-state index in [9.17, 15) is 19.3 Å². The summed E-state index contributed by atoms with van der Waals surface area (Å²) in [4.78, 5) is 21.6. The molecule has 2 unspecified atom stereocenters. The zero-order chi connectivity index (χ0) is 15.6. The molecule has 114 valence electrons. The van der Waals surface area contributed by atoms with E-state index in [0.717, 1.165) is 12.1 Å². The van der Waals surface area contributed by atoms with Gasteiger partial charge in [0.15, 0.2) is 5.82 Å². The predicted molar refractivity (Wildman–Crippen MR) is 72.1 cm³/mol. The first kappa shape index (κ1) is 15.2. The van der Waals surface area contributed by atoms with Crippen molar-refractivity contribution in [3.63, 3.8) is 0 Å². The predicted octanol–water partition coefficient (Wildman–Crippen LogP) is 1.24. The van der Waals surface area contributed by atoms with Crippen LogP contribution in [-0.4, -0.2) is 22.5 Å². The van der Waals surface area contributed by atoms with Crippen LogP contribution in [0.4, 0.5) is 10.1 Å². The number of primary amides is 1. The lowest BCUT2D eigenvalue weighted by atomic mass is 9.80. The van der Waals surface area contributed by atoms with Crippen LogP contribution in [0.15, 0.2) is 18.2 Å². The fourth-order valence-electron chi connectivity index (χ4n) is 2.50. The van der Waals surface area contributed by atoms with Gasteiger partial charge in [-0.3, -0.25) is 14.9 Å². The van der Waals surface area contributed by atoms with Crippen LogP contribution in [0.3, 0.4) is 0 Å². The molecule has 0 aromatic heterocycles. The molecule has 1 amide bonds. The third-order valence-corrected chi connectivity index (χ3v) is 3.66. The number of hydrogen-bond acceptors (Lipinski definition) is 5. The molecule has 7 nitrogen and oxygen atoms in total. The van der Waals surface area contributed by atoms with Crippen molar-refractivity contribution in [3.8, 4) is 5.75 Å². The van der Waals surface area contributed by atoms with Gasteiger partial charge >= 0.3 is 5.69 Å². The number of amides is 1. The fraction of sp³-hybridized carbons (Fsp3) is 0.462. The van der Waals surface area contributed by atoms with Gasteiger partial charge in [-0.15, -0.1) is 0 Å². The van der Waals surface area contributed by atoms with Crippen molar-refractivity contribution in [2.24, 2.45) is 11.5 Å². The van der Waals surface area contributed by atoms with Crippen LogP contribution in [0.2, 0.25) is 0 Å². The van der Waals surface area contributed by atoms with Crippen molar-refractivity contribution < 1.29 is 18.8 Å². The second-order valence-corrected chi connectivity index (χ2v) is 5.20. The zero-order valence-electron chi connectivity index (χ0n) is 11.3. The van der Waals surface area contributed by atoms with Gasteiger partial charge in [0.2, 0.25) is 11.7 Å². The maximum Gasteiger partial charge on any atom is 0.314 e. The van der Waals surface area contributed by atoms with E-state index in [1.807, 2.05) is 0 Å². The lowest BCUT2D eigenvalue weighted by molar-refractivity contribution is -0.386. The van der Waals surface area contributed by atoms with Crippen LogP contribution in [0.1, 0.15) is 25.7 Å². The number of nitrogens with zero attached hydrogens (tertiary/aromatic N) is 1. The van der Waals surface area contributed by atoms with Crippen LogP contribution in [-0.2, 0) is 4.79 Å². The Labute approximate surface area is 120 Å². The van der Waals surface area contributed by atoms with E-state index in [2.05, 4.69) is 0 Å². The largest absolute Gasteiger partial charge is 0.481 e. The normalized spacial score (nSPS) is 25.3. The molecule has 21 heavy (non-hydrogen) atoms. The standard InChI is InChI=1S/C13H16FN3O4/c14-9-4-1-5-10(17(19)20)11(9)21-8-3-2-6-13(16,7-8)12(15)18/h1,4-5,8H,2-3,6-7,16H2,(H2,15,18). The molecule has 2 rings (SSSR count). The van der Waals surface area contributed by atoms with Gasteiger partial charge in [0.1, 0.15) is 6.10 Å². The molecule has 0 saturated heterocycles. The Morgan fingerprint density at radius 3 is 2.86 bits per heavy atom. The number of para-hydroxylation sites is 1. The minimum Gasteiger partial charge on any atom is -0.481 e. The zero-order valence-corrected chi connectivity index (χ0v) is 11.3. The Morgan fingerprint density at radius 1 is 1.52 bits per heavy atom. The van der Waals surface area contributed by atoms with Crippen LogP contribution >= 0.6 is 0 Å². The molecule has 0 heterocycles. The molecule has 1 aromatic rings. The molecular formula is C13H16FN3O4. The number of rotatable bonds is 4. The highest BCUT2D eigenvalue weighted by Crippen LogP contribution is 2.35. The SMILES string of the molecule is NC(=O)C1(N)CCCC(Oc2c(F)cccc2[N+](=O)[O-])C1. The molecule has 0 spiro atoms.